The maximum absolute atomic E-state index is 12.9. The van der Waals surface area contributed by atoms with E-state index in [-0.39, 0.29) is 23.9 Å². The molecule has 7 heteroatoms. The summed E-state index contributed by atoms with van der Waals surface area (Å²) in [6.07, 6.45) is 4.08. The van der Waals surface area contributed by atoms with Crippen LogP contribution in [0.15, 0.2) is 42.5 Å². The molecule has 164 valence electrons. The van der Waals surface area contributed by atoms with Crippen molar-refractivity contribution in [2.45, 2.75) is 37.8 Å². The number of quaternary nitrogens is 1. The lowest BCUT2D eigenvalue weighted by atomic mass is 10.0. The van der Waals surface area contributed by atoms with Gasteiger partial charge in [0.15, 0.2) is 6.54 Å². The highest BCUT2D eigenvalue weighted by molar-refractivity contribution is 6.04. The van der Waals surface area contributed by atoms with Crippen LogP contribution < -0.4 is 25.0 Å². The Balaban J connectivity index is 1.45. The number of benzene rings is 2. The summed E-state index contributed by atoms with van der Waals surface area (Å²) in [7, 11) is 3.29. The molecule has 3 N–H and O–H groups in total. The van der Waals surface area contributed by atoms with Gasteiger partial charge in [0.1, 0.15) is 17.5 Å². The molecule has 2 aliphatic rings. The molecule has 2 amide bonds. The van der Waals surface area contributed by atoms with E-state index in [1.807, 2.05) is 30.3 Å². The lowest BCUT2D eigenvalue weighted by Gasteiger charge is -2.23. The van der Waals surface area contributed by atoms with E-state index >= 15 is 0 Å². The molecule has 0 bridgehead atoms. The summed E-state index contributed by atoms with van der Waals surface area (Å²) in [5, 5.41) is 5.95. The van der Waals surface area contributed by atoms with E-state index in [4.69, 9.17) is 9.47 Å². The van der Waals surface area contributed by atoms with Gasteiger partial charge in [-0.2, -0.15) is 0 Å². The van der Waals surface area contributed by atoms with E-state index in [0.717, 1.165) is 49.3 Å². The molecule has 1 aliphatic carbocycles. The maximum Gasteiger partial charge on any atom is 0.279 e. The number of carbonyl (C=O) groups excluding carboxylic acids is 2. The van der Waals surface area contributed by atoms with Crippen molar-refractivity contribution in [2.24, 2.45) is 0 Å². The molecule has 0 aromatic heterocycles. The van der Waals surface area contributed by atoms with Crippen LogP contribution in [0.4, 0.5) is 5.69 Å². The fourth-order valence-electron chi connectivity index (χ4n) is 4.29. The number of methoxy groups -OCH3 is 2. The standard InChI is InChI=1S/C24H29N3O4/c1-30-17-11-12-19(22(14-17)31-2)21-8-5-13-27(21)15-23(28)26-20-7-4-3-6-18(20)24(29)25-16-9-10-16/h3-4,6-7,11-12,14,16,21H,5,8-10,13,15H2,1-2H3,(H,25,29)(H,26,28)/p+1/t21-/m1/s1. The van der Waals surface area contributed by atoms with Crippen LogP contribution in [0.5, 0.6) is 11.5 Å². The van der Waals surface area contributed by atoms with E-state index in [2.05, 4.69) is 10.6 Å². The van der Waals surface area contributed by atoms with Crippen LogP contribution in [0.3, 0.4) is 0 Å². The minimum atomic E-state index is -0.132. The number of likely N-dealkylation sites (tertiary alicyclic amines) is 1. The van der Waals surface area contributed by atoms with Crippen LogP contribution in [0.2, 0.25) is 0 Å². The number of carbonyl (C=O) groups is 2. The number of para-hydroxylation sites is 1. The van der Waals surface area contributed by atoms with E-state index in [1.54, 1.807) is 26.4 Å². The first-order valence-electron chi connectivity index (χ1n) is 10.8. The Hall–Kier alpha value is -3.06. The fraction of sp³-hybridized carbons (Fsp3) is 0.417. The van der Waals surface area contributed by atoms with Crippen LogP contribution in [0.25, 0.3) is 0 Å². The first kappa shape index (κ1) is 21.2. The lowest BCUT2D eigenvalue weighted by Crippen LogP contribution is -3.11. The maximum atomic E-state index is 12.9. The second-order valence-corrected chi connectivity index (χ2v) is 8.23. The molecule has 1 saturated carbocycles. The summed E-state index contributed by atoms with van der Waals surface area (Å²) in [5.41, 5.74) is 2.16. The highest BCUT2D eigenvalue weighted by Gasteiger charge is 2.34. The quantitative estimate of drug-likeness (QED) is 0.605. The minimum absolute atomic E-state index is 0.0962. The van der Waals surface area contributed by atoms with Crippen LogP contribution in [0, 0.1) is 0 Å². The van der Waals surface area contributed by atoms with Gasteiger partial charge in [0, 0.05) is 24.9 Å². The van der Waals surface area contributed by atoms with Crippen LogP contribution >= 0.6 is 0 Å². The first-order chi connectivity index (χ1) is 15.1. The van der Waals surface area contributed by atoms with Gasteiger partial charge in [0.05, 0.1) is 37.6 Å². The SMILES string of the molecule is COc1ccc([C@H]2CCC[NH+]2CC(=O)Nc2ccccc2C(=O)NC2CC2)c(OC)c1. The average molecular weight is 425 g/mol. The molecule has 4 rings (SSSR count). The Morgan fingerprint density at radius 1 is 1.06 bits per heavy atom. The van der Waals surface area contributed by atoms with E-state index in [0.29, 0.717) is 17.8 Å². The van der Waals surface area contributed by atoms with E-state index in [9.17, 15) is 9.59 Å². The van der Waals surface area contributed by atoms with Gasteiger partial charge in [0.25, 0.3) is 11.8 Å². The summed E-state index contributed by atoms with van der Waals surface area (Å²) >= 11 is 0. The number of hydrogen-bond donors (Lipinski definition) is 3. The molecule has 7 nitrogen and oxygen atoms in total. The number of rotatable bonds is 8. The molecule has 1 heterocycles. The molecule has 1 unspecified atom stereocenters. The Bertz CT molecular complexity index is 958. The largest absolute Gasteiger partial charge is 0.497 e. The van der Waals surface area contributed by atoms with Crippen molar-refractivity contribution in [3.05, 3.63) is 53.6 Å². The predicted octanol–water partition coefficient (Wildman–Crippen LogP) is 1.95. The third kappa shape index (κ3) is 4.99. The normalized spacial score (nSPS) is 20.2. The third-order valence-corrected chi connectivity index (χ3v) is 6.05. The first-order valence-corrected chi connectivity index (χ1v) is 10.8. The van der Waals surface area contributed by atoms with Crippen molar-refractivity contribution < 1.29 is 24.0 Å². The van der Waals surface area contributed by atoms with Crippen LogP contribution in [0.1, 0.15) is 47.6 Å². The molecule has 1 saturated heterocycles. The summed E-state index contributed by atoms with van der Waals surface area (Å²) in [5.74, 6) is 1.30. The molecule has 2 fully saturated rings. The van der Waals surface area contributed by atoms with E-state index < -0.39 is 0 Å². The monoisotopic (exact) mass is 424 g/mol. The summed E-state index contributed by atoms with van der Waals surface area (Å²) < 4.78 is 10.9. The molecule has 2 atom stereocenters. The van der Waals surface area contributed by atoms with Gasteiger partial charge in [-0.25, -0.2) is 0 Å². The van der Waals surface area contributed by atoms with Crippen molar-refractivity contribution in [1.29, 1.82) is 0 Å². The molecule has 0 radical (unpaired) electrons. The highest BCUT2D eigenvalue weighted by atomic mass is 16.5. The number of anilines is 1. The van der Waals surface area contributed by atoms with Crippen molar-refractivity contribution in [3.8, 4) is 11.5 Å². The van der Waals surface area contributed by atoms with Gasteiger partial charge in [-0.15, -0.1) is 0 Å². The number of ether oxygens (including phenoxy) is 2. The Kier molecular flexibility index (Phi) is 6.42. The Labute approximate surface area is 182 Å². The zero-order chi connectivity index (χ0) is 21.8. The molecule has 0 spiro atoms. The van der Waals surface area contributed by atoms with Gasteiger partial charge in [-0.3, -0.25) is 9.59 Å². The van der Waals surface area contributed by atoms with Gasteiger partial charge < -0.3 is 25.0 Å². The number of nitrogens with one attached hydrogen (secondary N) is 3. The highest BCUT2D eigenvalue weighted by Crippen LogP contribution is 2.31. The van der Waals surface area contributed by atoms with E-state index in [1.165, 1.54) is 4.90 Å². The number of amides is 2. The van der Waals surface area contributed by atoms with Crippen LogP contribution in [-0.4, -0.2) is 45.2 Å². The molecule has 1 aliphatic heterocycles. The fourth-order valence-corrected chi connectivity index (χ4v) is 4.29. The second-order valence-electron chi connectivity index (χ2n) is 8.23. The minimum Gasteiger partial charge on any atom is -0.497 e. The molecular weight excluding hydrogens is 394 g/mol. The lowest BCUT2D eigenvalue weighted by molar-refractivity contribution is -0.910. The predicted molar refractivity (Wildman–Crippen MR) is 118 cm³/mol. The zero-order valence-electron chi connectivity index (χ0n) is 18.1. The molecule has 2 aromatic rings. The molecule has 31 heavy (non-hydrogen) atoms. The summed E-state index contributed by atoms with van der Waals surface area (Å²) in [6, 6.07) is 13.5. The van der Waals surface area contributed by atoms with Crippen molar-refractivity contribution in [1.82, 2.24) is 5.32 Å². The van der Waals surface area contributed by atoms with Gasteiger partial charge >= 0.3 is 0 Å². The Morgan fingerprint density at radius 3 is 2.61 bits per heavy atom. The zero-order valence-corrected chi connectivity index (χ0v) is 18.1. The van der Waals surface area contributed by atoms with Crippen LogP contribution in [-0.2, 0) is 4.79 Å². The second kappa shape index (κ2) is 9.39. The molecular formula is C24H30N3O4+. The number of hydrogen-bond acceptors (Lipinski definition) is 4. The average Bonchev–Trinajstić information content (AvgIpc) is 3.48. The summed E-state index contributed by atoms with van der Waals surface area (Å²) in [6.45, 7) is 1.25. The van der Waals surface area contributed by atoms with Gasteiger partial charge in [-0.1, -0.05) is 12.1 Å². The molecule has 2 aromatic carbocycles. The van der Waals surface area contributed by atoms with Crippen molar-refractivity contribution in [3.63, 3.8) is 0 Å². The van der Waals surface area contributed by atoms with Crippen molar-refractivity contribution >= 4 is 17.5 Å². The van der Waals surface area contributed by atoms with Gasteiger partial charge in [0.2, 0.25) is 0 Å². The Morgan fingerprint density at radius 2 is 1.87 bits per heavy atom. The summed E-state index contributed by atoms with van der Waals surface area (Å²) in [4.78, 5) is 26.6. The topological polar surface area (TPSA) is 81.1 Å². The smallest absolute Gasteiger partial charge is 0.279 e. The van der Waals surface area contributed by atoms with Gasteiger partial charge in [-0.05, 0) is 37.1 Å². The third-order valence-electron chi connectivity index (χ3n) is 6.05. The van der Waals surface area contributed by atoms with Crippen molar-refractivity contribution in [2.75, 3.05) is 32.6 Å².